The lowest BCUT2D eigenvalue weighted by molar-refractivity contribution is 0.241. The van der Waals surface area contributed by atoms with Crippen LogP contribution < -0.4 is 10.5 Å². The first kappa shape index (κ1) is 14.0. The molecule has 0 saturated heterocycles. The summed E-state index contributed by atoms with van der Waals surface area (Å²) < 4.78 is 11.1. The molecule has 0 aliphatic heterocycles. The Bertz CT molecular complexity index is 627. The molecule has 1 aliphatic rings. The van der Waals surface area contributed by atoms with Crippen molar-refractivity contribution in [3.63, 3.8) is 0 Å². The molecule has 0 radical (unpaired) electrons. The maximum absolute atomic E-state index is 6.10. The third-order valence-corrected chi connectivity index (χ3v) is 4.60. The average molecular weight is 286 g/mol. The van der Waals surface area contributed by atoms with Gasteiger partial charge in [-0.3, -0.25) is 0 Å². The third-order valence-electron chi connectivity index (χ3n) is 4.60. The van der Waals surface area contributed by atoms with E-state index in [1.54, 1.807) is 7.11 Å². The second-order valence-corrected chi connectivity index (χ2v) is 6.09. The van der Waals surface area contributed by atoms with Crippen molar-refractivity contribution in [1.82, 2.24) is 5.16 Å². The van der Waals surface area contributed by atoms with E-state index in [1.807, 2.05) is 24.3 Å². The molecule has 4 nitrogen and oxygen atoms in total. The summed E-state index contributed by atoms with van der Waals surface area (Å²) in [6.45, 7) is 2.25. The predicted molar refractivity (Wildman–Crippen MR) is 83.3 cm³/mol. The van der Waals surface area contributed by atoms with Gasteiger partial charge in [-0.05, 0) is 18.9 Å². The number of benzene rings is 1. The van der Waals surface area contributed by atoms with E-state index < -0.39 is 0 Å². The molecule has 1 heterocycles. The molecule has 2 N–H and O–H groups in total. The molecule has 1 aromatic heterocycles. The van der Waals surface area contributed by atoms with Crippen LogP contribution in [0.3, 0.4) is 0 Å². The molecular weight excluding hydrogens is 264 g/mol. The van der Waals surface area contributed by atoms with Crippen molar-refractivity contribution in [2.24, 2.45) is 0 Å². The van der Waals surface area contributed by atoms with Gasteiger partial charge in [0.05, 0.1) is 12.7 Å². The molecule has 1 fully saturated rings. The van der Waals surface area contributed by atoms with Crippen molar-refractivity contribution in [3.8, 4) is 16.9 Å². The fraction of sp³-hybridized carbons (Fsp3) is 0.471. The number of nitrogen functional groups attached to an aromatic ring is 1. The number of ether oxygens (including phenoxy) is 1. The van der Waals surface area contributed by atoms with E-state index >= 15 is 0 Å². The van der Waals surface area contributed by atoms with Crippen LogP contribution in [0.5, 0.6) is 5.75 Å². The molecule has 3 rings (SSSR count). The maximum Gasteiger partial charge on any atom is 0.175 e. The van der Waals surface area contributed by atoms with Crippen molar-refractivity contribution < 1.29 is 9.26 Å². The summed E-state index contributed by atoms with van der Waals surface area (Å²) in [4.78, 5) is 0. The Hall–Kier alpha value is -1.97. The van der Waals surface area contributed by atoms with Crippen LogP contribution in [0.15, 0.2) is 28.8 Å². The van der Waals surface area contributed by atoms with Crippen molar-refractivity contribution in [1.29, 1.82) is 0 Å². The zero-order valence-electron chi connectivity index (χ0n) is 12.7. The van der Waals surface area contributed by atoms with Gasteiger partial charge in [0.2, 0.25) is 0 Å². The van der Waals surface area contributed by atoms with E-state index in [-0.39, 0.29) is 5.41 Å². The Morgan fingerprint density at radius 2 is 1.90 bits per heavy atom. The Balaban J connectivity index is 2.13. The SMILES string of the molecule is COc1ccccc1-c1c(N)noc1C1(C)CCCCC1. The van der Waals surface area contributed by atoms with E-state index in [0.29, 0.717) is 5.82 Å². The monoisotopic (exact) mass is 286 g/mol. The van der Waals surface area contributed by atoms with E-state index in [9.17, 15) is 0 Å². The second-order valence-electron chi connectivity index (χ2n) is 6.09. The lowest BCUT2D eigenvalue weighted by atomic mass is 9.72. The molecule has 1 saturated carbocycles. The Morgan fingerprint density at radius 3 is 2.62 bits per heavy atom. The fourth-order valence-electron chi connectivity index (χ4n) is 3.39. The highest BCUT2D eigenvalue weighted by Crippen LogP contribution is 2.46. The smallest absolute Gasteiger partial charge is 0.175 e. The lowest BCUT2D eigenvalue weighted by Crippen LogP contribution is -2.25. The van der Waals surface area contributed by atoms with Crippen LogP contribution in [0.1, 0.15) is 44.8 Å². The van der Waals surface area contributed by atoms with Crippen LogP contribution in [0, 0.1) is 0 Å². The second kappa shape index (κ2) is 5.43. The van der Waals surface area contributed by atoms with E-state index in [0.717, 1.165) is 35.5 Å². The predicted octanol–water partition coefficient (Wildman–Crippen LogP) is 4.15. The van der Waals surface area contributed by atoms with Gasteiger partial charge in [0.25, 0.3) is 0 Å². The van der Waals surface area contributed by atoms with Gasteiger partial charge in [0, 0.05) is 11.0 Å². The van der Waals surface area contributed by atoms with Gasteiger partial charge in [0.1, 0.15) is 5.75 Å². The highest BCUT2D eigenvalue weighted by molar-refractivity contribution is 5.80. The van der Waals surface area contributed by atoms with Crippen LogP contribution in [0.2, 0.25) is 0 Å². The number of rotatable bonds is 3. The number of nitrogens with two attached hydrogens (primary N) is 1. The standard InChI is InChI=1S/C17H22N2O2/c1-17(10-6-3-7-11-17)15-14(16(18)19-21-15)12-8-4-5-9-13(12)20-2/h4-5,8-9H,3,6-7,10-11H2,1-2H3,(H2,18,19). The number of para-hydroxylation sites is 1. The molecule has 0 bridgehead atoms. The van der Waals surface area contributed by atoms with Crippen LogP contribution in [0.25, 0.3) is 11.1 Å². The van der Waals surface area contributed by atoms with E-state index in [4.69, 9.17) is 15.0 Å². The largest absolute Gasteiger partial charge is 0.496 e. The summed E-state index contributed by atoms with van der Waals surface area (Å²) in [6, 6.07) is 7.89. The maximum atomic E-state index is 6.10. The zero-order valence-corrected chi connectivity index (χ0v) is 12.7. The van der Waals surface area contributed by atoms with Gasteiger partial charge in [-0.2, -0.15) is 0 Å². The summed E-state index contributed by atoms with van der Waals surface area (Å²) >= 11 is 0. The minimum Gasteiger partial charge on any atom is -0.496 e. The molecule has 112 valence electrons. The zero-order chi connectivity index (χ0) is 14.9. The molecule has 0 atom stereocenters. The summed E-state index contributed by atoms with van der Waals surface area (Å²) in [6.07, 6.45) is 5.97. The van der Waals surface area contributed by atoms with Crippen molar-refractivity contribution in [3.05, 3.63) is 30.0 Å². The fourth-order valence-corrected chi connectivity index (χ4v) is 3.39. The van der Waals surface area contributed by atoms with E-state index in [2.05, 4.69) is 12.1 Å². The quantitative estimate of drug-likeness (QED) is 0.920. The van der Waals surface area contributed by atoms with Crippen molar-refractivity contribution in [2.45, 2.75) is 44.4 Å². The number of aromatic nitrogens is 1. The highest BCUT2D eigenvalue weighted by Gasteiger charge is 2.36. The van der Waals surface area contributed by atoms with Crippen LogP contribution >= 0.6 is 0 Å². The van der Waals surface area contributed by atoms with Crippen LogP contribution in [-0.4, -0.2) is 12.3 Å². The average Bonchev–Trinajstić information content (AvgIpc) is 2.90. The molecule has 1 aromatic carbocycles. The molecule has 21 heavy (non-hydrogen) atoms. The summed E-state index contributed by atoms with van der Waals surface area (Å²) in [5, 5.41) is 4.04. The van der Waals surface area contributed by atoms with Gasteiger partial charge >= 0.3 is 0 Å². The van der Waals surface area contributed by atoms with Crippen LogP contribution in [0.4, 0.5) is 5.82 Å². The number of anilines is 1. The minimum absolute atomic E-state index is 0.0130. The van der Waals surface area contributed by atoms with Crippen molar-refractivity contribution in [2.75, 3.05) is 12.8 Å². The van der Waals surface area contributed by atoms with Gasteiger partial charge in [-0.15, -0.1) is 0 Å². The van der Waals surface area contributed by atoms with Gasteiger partial charge in [0.15, 0.2) is 11.6 Å². The molecule has 0 spiro atoms. The number of methoxy groups -OCH3 is 1. The summed E-state index contributed by atoms with van der Waals surface area (Å²) in [5.41, 5.74) is 7.97. The normalized spacial score (nSPS) is 17.6. The van der Waals surface area contributed by atoms with Crippen molar-refractivity contribution >= 4 is 5.82 Å². The van der Waals surface area contributed by atoms with Crippen LogP contribution in [-0.2, 0) is 5.41 Å². The minimum atomic E-state index is 0.0130. The molecule has 4 heteroatoms. The molecular formula is C17H22N2O2. The molecule has 0 amide bonds. The summed E-state index contributed by atoms with van der Waals surface area (Å²) in [7, 11) is 1.67. The third kappa shape index (κ3) is 2.39. The first-order chi connectivity index (χ1) is 10.2. The molecule has 1 aliphatic carbocycles. The topological polar surface area (TPSA) is 61.3 Å². The Labute approximate surface area is 125 Å². The lowest BCUT2D eigenvalue weighted by Gasteiger charge is -2.31. The van der Waals surface area contributed by atoms with E-state index in [1.165, 1.54) is 19.3 Å². The first-order valence-electron chi connectivity index (χ1n) is 7.55. The number of hydrogen-bond acceptors (Lipinski definition) is 4. The number of nitrogens with zero attached hydrogens (tertiary/aromatic N) is 1. The highest BCUT2D eigenvalue weighted by atomic mass is 16.5. The Kier molecular flexibility index (Phi) is 3.62. The first-order valence-corrected chi connectivity index (χ1v) is 7.55. The Morgan fingerprint density at radius 1 is 1.19 bits per heavy atom. The summed E-state index contributed by atoms with van der Waals surface area (Å²) in [5.74, 6) is 2.15. The van der Waals surface area contributed by atoms with Gasteiger partial charge < -0.3 is 15.0 Å². The van der Waals surface area contributed by atoms with Gasteiger partial charge in [-0.25, -0.2) is 0 Å². The number of hydrogen-bond donors (Lipinski definition) is 1. The molecule has 0 unspecified atom stereocenters. The van der Waals surface area contributed by atoms with Gasteiger partial charge in [-0.1, -0.05) is 49.5 Å². The molecule has 2 aromatic rings.